The van der Waals surface area contributed by atoms with E-state index in [1.54, 1.807) is 19.3 Å². The molecule has 3 aliphatic carbocycles. The van der Waals surface area contributed by atoms with Gasteiger partial charge < -0.3 is 14.4 Å². The molecule has 1 heterocycles. The third-order valence-corrected chi connectivity index (χ3v) is 9.37. The third kappa shape index (κ3) is 3.45. The minimum atomic E-state index is -0.824. The number of ether oxygens (including phenoxy) is 2. The molecular formula is C32H30ClNO4. The first-order valence-electron chi connectivity index (χ1n) is 13.0. The van der Waals surface area contributed by atoms with Crippen molar-refractivity contribution in [1.29, 1.82) is 0 Å². The Morgan fingerprint density at radius 2 is 1.74 bits per heavy atom. The molecule has 194 valence electrons. The van der Waals surface area contributed by atoms with Crippen LogP contribution >= 0.6 is 11.6 Å². The summed E-state index contributed by atoms with van der Waals surface area (Å²) >= 11 is 6.29. The van der Waals surface area contributed by atoms with Crippen LogP contribution in [0.25, 0.3) is 6.08 Å². The number of nitrogens with zero attached hydrogens (tertiary/aromatic N) is 1. The van der Waals surface area contributed by atoms with Crippen LogP contribution in [-0.4, -0.2) is 44.1 Å². The molecule has 1 amide bonds. The first-order valence-corrected chi connectivity index (χ1v) is 13.4. The first kappa shape index (κ1) is 24.7. The number of hydrogen-bond donors (Lipinski definition) is 0. The van der Waals surface area contributed by atoms with Crippen LogP contribution in [0, 0.1) is 11.3 Å². The van der Waals surface area contributed by atoms with Gasteiger partial charge in [-0.1, -0.05) is 66.2 Å². The molecule has 7 rings (SSSR count). The molecule has 2 bridgehead atoms. The Hall–Kier alpha value is -3.57. The predicted molar refractivity (Wildman–Crippen MR) is 147 cm³/mol. The third-order valence-electron chi connectivity index (χ3n) is 9.12. The number of benzene rings is 3. The van der Waals surface area contributed by atoms with Gasteiger partial charge in [-0.3, -0.25) is 9.59 Å². The topological polar surface area (TPSA) is 55.8 Å². The summed E-state index contributed by atoms with van der Waals surface area (Å²) in [6, 6.07) is 24.1. The van der Waals surface area contributed by atoms with E-state index in [9.17, 15) is 9.59 Å². The predicted octanol–water partition coefficient (Wildman–Crippen LogP) is 5.86. The molecule has 1 saturated heterocycles. The normalized spacial score (nSPS) is 27.2. The minimum absolute atomic E-state index is 0.0127. The molecule has 0 unspecified atom stereocenters. The number of carbonyl (C=O) groups excluding carboxylic acids is 2. The number of para-hydroxylation sites is 1. The lowest BCUT2D eigenvalue weighted by Gasteiger charge is -2.59. The molecule has 3 aromatic rings. The lowest BCUT2D eigenvalue weighted by molar-refractivity contribution is -0.161. The first-order chi connectivity index (χ1) is 18.5. The largest absolute Gasteiger partial charge is 0.496 e. The zero-order valence-electron chi connectivity index (χ0n) is 21.5. The van der Waals surface area contributed by atoms with E-state index < -0.39 is 10.8 Å². The molecule has 1 aliphatic heterocycles. The van der Waals surface area contributed by atoms with Crippen LogP contribution < -0.4 is 4.74 Å². The van der Waals surface area contributed by atoms with Gasteiger partial charge in [0.1, 0.15) is 5.75 Å². The number of fused-ring (bicyclic) bond motifs is 1. The quantitative estimate of drug-likeness (QED) is 0.308. The van der Waals surface area contributed by atoms with E-state index in [-0.39, 0.29) is 23.7 Å². The fraction of sp³-hybridized carbons (Fsp3) is 0.312. The van der Waals surface area contributed by atoms with Gasteiger partial charge >= 0.3 is 5.97 Å². The highest BCUT2D eigenvalue weighted by atomic mass is 35.5. The van der Waals surface area contributed by atoms with E-state index in [1.165, 1.54) is 18.2 Å². The van der Waals surface area contributed by atoms with Gasteiger partial charge in [0.05, 0.1) is 19.6 Å². The summed E-state index contributed by atoms with van der Waals surface area (Å²) in [7, 11) is 3.08. The standard InChI is InChI=1S/C32H30ClNO4/c1-37-27-10-6-3-7-21(27)11-16-29(35)34-19-28-31(22-12-14-23(33)15-13-22)18-17-26(24-8-4-5-9-25(24)31)32(28,20-34)30(36)38-2/h3-16,26,28H,17-20H2,1-2H3/b16-11+/t26-,28-,31-,32-/m0/s1. The van der Waals surface area contributed by atoms with Crippen molar-refractivity contribution >= 4 is 29.6 Å². The summed E-state index contributed by atoms with van der Waals surface area (Å²) in [5, 5.41) is 0.673. The van der Waals surface area contributed by atoms with Crippen LogP contribution in [0.2, 0.25) is 5.02 Å². The number of hydrogen-bond acceptors (Lipinski definition) is 4. The summed E-state index contributed by atoms with van der Waals surface area (Å²) < 4.78 is 11.0. The van der Waals surface area contributed by atoms with Crippen molar-refractivity contribution in [2.75, 3.05) is 27.3 Å². The van der Waals surface area contributed by atoms with E-state index in [4.69, 9.17) is 21.1 Å². The van der Waals surface area contributed by atoms with Gasteiger partial charge in [-0.15, -0.1) is 0 Å². The Morgan fingerprint density at radius 3 is 2.50 bits per heavy atom. The number of carbonyl (C=O) groups is 2. The summed E-state index contributed by atoms with van der Waals surface area (Å²) in [6.07, 6.45) is 5.12. The van der Waals surface area contributed by atoms with Crippen LogP contribution in [-0.2, 0) is 19.7 Å². The number of amides is 1. The van der Waals surface area contributed by atoms with Crippen LogP contribution in [0.1, 0.15) is 41.0 Å². The Bertz CT molecular complexity index is 1430. The van der Waals surface area contributed by atoms with Crippen LogP contribution in [0.15, 0.2) is 78.9 Å². The van der Waals surface area contributed by atoms with E-state index >= 15 is 0 Å². The van der Waals surface area contributed by atoms with Crippen molar-refractivity contribution in [3.05, 3.63) is 106 Å². The summed E-state index contributed by atoms with van der Waals surface area (Å²) in [4.78, 5) is 29.3. The van der Waals surface area contributed by atoms with E-state index in [0.29, 0.717) is 23.9 Å². The number of methoxy groups -OCH3 is 2. The van der Waals surface area contributed by atoms with Crippen molar-refractivity contribution in [3.8, 4) is 5.75 Å². The van der Waals surface area contributed by atoms with Crippen LogP contribution in [0.5, 0.6) is 5.75 Å². The van der Waals surface area contributed by atoms with E-state index in [2.05, 4.69) is 30.3 Å². The molecule has 1 saturated carbocycles. The maximum atomic E-state index is 13.8. The molecule has 2 fully saturated rings. The average Bonchev–Trinajstić information content (AvgIpc) is 3.40. The van der Waals surface area contributed by atoms with Gasteiger partial charge in [-0.25, -0.2) is 0 Å². The Morgan fingerprint density at radius 1 is 1.00 bits per heavy atom. The maximum Gasteiger partial charge on any atom is 0.314 e. The van der Waals surface area contributed by atoms with E-state index in [0.717, 1.165) is 24.0 Å². The second kappa shape index (κ2) is 9.32. The number of likely N-dealkylation sites (tertiary alicyclic amines) is 1. The fourth-order valence-electron chi connectivity index (χ4n) is 7.61. The highest BCUT2D eigenvalue weighted by Gasteiger charge is 2.71. The van der Waals surface area contributed by atoms with Gasteiger partial charge in [0.25, 0.3) is 0 Å². The lowest BCUT2D eigenvalue weighted by Crippen LogP contribution is -2.60. The molecule has 3 aromatic carbocycles. The highest BCUT2D eigenvalue weighted by molar-refractivity contribution is 6.30. The summed E-state index contributed by atoms with van der Waals surface area (Å²) in [6.45, 7) is 0.797. The van der Waals surface area contributed by atoms with Gasteiger partial charge in [0.15, 0.2) is 0 Å². The molecule has 38 heavy (non-hydrogen) atoms. The average molecular weight is 528 g/mol. The zero-order valence-corrected chi connectivity index (χ0v) is 22.3. The van der Waals surface area contributed by atoms with Crippen molar-refractivity contribution in [2.24, 2.45) is 11.3 Å². The molecule has 4 atom stereocenters. The van der Waals surface area contributed by atoms with Crippen LogP contribution in [0.4, 0.5) is 0 Å². The summed E-state index contributed by atoms with van der Waals surface area (Å²) in [5.41, 5.74) is 3.15. The Kier molecular flexibility index (Phi) is 6.07. The molecule has 4 aliphatic rings. The second-order valence-electron chi connectivity index (χ2n) is 10.5. The number of rotatable bonds is 5. The summed E-state index contributed by atoms with van der Waals surface area (Å²) in [5.74, 6) is 0.211. The molecule has 0 spiro atoms. The monoisotopic (exact) mass is 527 g/mol. The zero-order chi connectivity index (χ0) is 26.5. The van der Waals surface area contributed by atoms with Gasteiger partial charge in [0.2, 0.25) is 5.91 Å². The van der Waals surface area contributed by atoms with Crippen LogP contribution in [0.3, 0.4) is 0 Å². The van der Waals surface area contributed by atoms with Gasteiger partial charge in [-0.2, -0.15) is 0 Å². The van der Waals surface area contributed by atoms with Gasteiger partial charge in [0, 0.05) is 47.0 Å². The SMILES string of the molecule is COC(=O)[C@]12CN(C(=O)/C=C/c3ccccc3OC)C[C@H]1[C@]1(c3ccc(Cl)cc3)CC[C@H]2c2ccccc21. The minimum Gasteiger partial charge on any atom is -0.496 e. The van der Waals surface area contributed by atoms with Crippen molar-refractivity contribution < 1.29 is 19.1 Å². The Labute approximate surface area is 228 Å². The molecule has 6 heteroatoms. The van der Waals surface area contributed by atoms with Crippen molar-refractivity contribution in [2.45, 2.75) is 24.2 Å². The molecule has 0 radical (unpaired) electrons. The van der Waals surface area contributed by atoms with Gasteiger partial charge in [-0.05, 0) is 53.8 Å². The van der Waals surface area contributed by atoms with Crippen molar-refractivity contribution in [1.82, 2.24) is 4.90 Å². The number of halogens is 1. The second-order valence-corrected chi connectivity index (χ2v) is 11.0. The number of esters is 1. The smallest absolute Gasteiger partial charge is 0.314 e. The lowest BCUT2D eigenvalue weighted by atomic mass is 9.42. The van der Waals surface area contributed by atoms with E-state index in [1.807, 2.05) is 47.4 Å². The van der Waals surface area contributed by atoms with Crippen molar-refractivity contribution in [3.63, 3.8) is 0 Å². The molecule has 0 N–H and O–H groups in total. The maximum absolute atomic E-state index is 13.8. The Balaban J connectivity index is 1.46. The molecular weight excluding hydrogens is 498 g/mol. The molecule has 5 nitrogen and oxygen atoms in total. The highest BCUT2D eigenvalue weighted by Crippen LogP contribution is 2.69. The molecule has 0 aromatic heterocycles. The fourth-order valence-corrected chi connectivity index (χ4v) is 7.74.